The van der Waals surface area contributed by atoms with Gasteiger partial charge in [0.2, 0.25) is 0 Å². The minimum Gasteiger partial charge on any atom is -0.374 e. The molecule has 1 heteroatoms. The topological polar surface area (TPSA) is 3.24 Å². The largest absolute Gasteiger partial charge is 0.374 e. The molecule has 2 aliphatic rings. The number of hydrogen-bond donors (Lipinski definition) is 0. The average molecular weight is 229 g/mol. The van der Waals surface area contributed by atoms with Gasteiger partial charge in [-0.3, -0.25) is 0 Å². The molecule has 1 aliphatic heterocycles. The average Bonchev–Trinajstić information content (AvgIpc) is 2.80. The molecular weight excluding hydrogens is 206 g/mol. The fourth-order valence-electron chi connectivity index (χ4n) is 3.76. The summed E-state index contributed by atoms with van der Waals surface area (Å²) >= 11 is 0. The van der Waals surface area contributed by atoms with Gasteiger partial charge < -0.3 is 4.90 Å². The monoisotopic (exact) mass is 229 g/mol. The Morgan fingerprint density at radius 3 is 2.76 bits per heavy atom. The molecule has 0 fully saturated rings. The van der Waals surface area contributed by atoms with E-state index in [0.29, 0.717) is 5.41 Å². The molecule has 1 nitrogen and oxygen atoms in total. The molecule has 0 radical (unpaired) electrons. The highest BCUT2D eigenvalue weighted by molar-refractivity contribution is 5.71. The zero-order chi connectivity index (χ0) is 12.2. The fraction of sp³-hybridized carbons (Fsp3) is 0.625. The third-order valence-corrected chi connectivity index (χ3v) is 4.74. The highest BCUT2D eigenvalue weighted by Crippen LogP contribution is 2.48. The lowest BCUT2D eigenvalue weighted by Crippen LogP contribution is -2.20. The summed E-state index contributed by atoms with van der Waals surface area (Å²) in [6.07, 6.45) is 5.02. The van der Waals surface area contributed by atoms with Crippen molar-refractivity contribution in [2.24, 2.45) is 0 Å². The predicted molar refractivity (Wildman–Crippen MR) is 74.1 cm³/mol. The Bertz CT molecular complexity index is 471. The van der Waals surface area contributed by atoms with Crippen molar-refractivity contribution in [1.82, 2.24) is 0 Å². The van der Waals surface area contributed by atoms with E-state index in [-0.39, 0.29) is 0 Å². The van der Waals surface area contributed by atoms with Crippen LogP contribution in [0.4, 0.5) is 5.69 Å². The Hall–Kier alpha value is -0.980. The maximum Gasteiger partial charge on any atom is 0.0440 e. The van der Waals surface area contributed by atoms with Crippen LogP contribution in [0.15, 0.2) is 6.07 Å². The lowest BCUT2D eigenvalue weighted by molar-refractivity contribution is 0.522. The van der Waals surface area contributed by atoms with Crippen LogP contribution in [0.5, 0.6) is 0 Å². The van der Waals surface area contributed by atoms with E-state index in [9.17, 15) is 0 Å². The lowest BCUT2D eigenvalue weighted by Gasteiger charge is -2.26. The lowest BCUT2D eigenvalue weighted by atomic mass is 9.83. The maximum absolute atomic E-state index is 2.50. The first-order valence-electron chi connectivity index (χ1n) is 6.94. The molecule has 0 aromatic heterocycles. The fourth-order valence-corrected chi connectivity index (χ4v) is 3.76. The summed E-state index contributed by atoms with van der Waals surface area (Å²) in [5, 5.41) is 0. The van der Waals surface area contributed by atoms with Crippen molar-refractivity contribution in [3.63, 3.8) is 0 Å². The van der Waals surface area contributed by atoms with Gasteiger partial charge in [-0.1, -0.05) is 26.8 Å². The summed E-state index contributed by atoms with van der Waals surface area (Å²) in [6, 6.07) is 2.50. The third kappa shape index (κ3) is 1.44. The van der Waals surface area contributed by atoms with E-state index in [1.165, 1.54) is 32.2 Å². The Balaban J connectivity index is 2.30. The van der Waals surface area contributed by atoms with Crippen LogP contribution in [-0.2, 0) is 24.7 Å². The zero-order valence-electron chi connectivity index (χ0n) is 11.6. The highest BCUT2D eigenvalue weighted by Gasteiger charge is 2.36. The number of aryl methyl sites for hydroxylation is 2. The Labute approximate surface area is 105 Å². The molecule has 0 atom stereocenters. The van der Waals surface area contributed by atoms with Crippen LogP contribution in [0.3, 0.4) is 0 Å². The Kier molecular flexibility index (Phi) is 2.30. The summed E-state index contributed by atoms with van der Waals surface area (Å²) in [6.45, 7) is 8.32. The van der Waals surface area contributed by atoms with Gasteiger partial charge in [0.05, 0.1) is 0 Å². The molecule has 92 valence electrons. The number of fused-ring (bicyclic) bond motifs is 3. The summed E-state index contributed by atoms with van der Waals surface area (Å²) in [5.74, 6) is 0. The van der Waals surface area contributed by atoms with E-state index >= 15 is 0 Å². The number of nitrogens with zero attached hydrogens (tertiary/aromatic N) is 1. The van der Waals surface area contributed by atoms with Crippen molar-refractivity contribution in [2.45, 2.75) is 51.9 Å². The molecule has 3 rings (SSSR count). The minimum atomic E-state index is 0.379. The molecule has 0 saturated carbocycles. The first-order chi connectivity index (χ1) is 8.04. The van der Waals surface area contributed by atoms with E-state index < -0.39 is 0 Å². The van der Waals surface area contributed by atoms with Crippen molar-refractivity contribution >= 4 is 5.69 Å². The van der Waals surface area contributed by atoms with Gasteiger partial charge in [0.25, 0.3) is 0 Å². The van der Waals surface area contributed by atoms with Gasteiger partial charge in [0.1, 0.15) is 0 Å². The zero-order valence-corrected chi connectivity index (χ0v) is 11.6. The normalized spacial score (nSPS) is 20.6. The molecule has 0 saturated heterocycles. The van der Waals surface area contributed by atoms with Crippen LogP contribution in [0, 0.1) is 0 Å². The van der Waals surface area contributed by atoms with Crippen LogP contribution in [-0.4, -0.2) is 13.6 Å². The van der Waals surface area contributed by atoms with Gasteiger partial charge in [-0.2, -0.15) is 0 Å². The van der Waals surface area contributed by atoms with Crippen LogP contribution in [0.1, 0.15) is 49.4 Å². The maximum atomic E-state index is 2.50. The van der Waals surface area contributed by atoms with E-state index in [1.807, 2.05) is 0 Å². The second kappa shape index (κ2) is 3.51. The molecule has 1 aromatic carbocycles. The van der Waals surface area contributed by atoms with Crippen molar-refractivity contribution in [3.05, 3.63) is 28.3 Å². The van der Waals surface area contributed by atoms with Crippen LogP contribution in [0.25, 0.3) is 0 Å². The van der Waals surface area contributed by atoms with Gasteiger partial charge in [-0.15, -0.1) is 0 Å². The van der Waals surface area contributed by atoms with Gasteiger partial charge in [0.15, 0.2) is 0 Å². The van der Waals surface area contributed by atoms with E-state index in [1.54, 1.807) is 27.9 Å². The van der Waals surface area contributed by atoms with Crippen molar-refractivity contribution in [1.29, 1.82) is 0 Å². The number of rotatable bonds is 1. The van der Waals surface area contributed by atoms with Crippen LogP contribution >= 0.6 is 0 Å². The first-order valence-corrected chi connectivity index (χ1v) is 6.94. The standard InChI is InChI=1S/C16H23N/c1-5-11-10-12-6-8-16(2,3)14(12)15-13(11)7-9-17(15)4/h10H,5-9H2,1-4H3. The van der Waals surface area contributed by atoms with Crippen LogP contribution < -0.4 is 4.90 Å². The third-order valence-electron chi connectivity index (χ3n) is 4.74. The summed E-state index contributed by atoms with van der Waals surface area (Å²) < 4.78 is 0. The van der Waals surface area contributed by atoms with Crippen molar-refractivity contribution in [3.8, 4) is 0 Å². The Morgan fingerprint density at radius 2 is 2.06 bits per heavy atom. The molecule has 1 heterocycles. The second-order valence-corrected chi connectivity index (χ2v) is 6.31. The van der Waals surface area contributed by atoms with E-state index in [4.69, 9.17) is 0 Å². The molecular formula is C16H23N. The molecule has 0 amide bonds. The van der Waals surface area contributed by atoms with Gasteiger partial charge >= 0.3 is 0 Å². The number of likely N-dealkylation sites (N-methyl/N-ethyl adjacent to an activating group) is 1. The second-order valence-electron chi connectivity index (χ2n) is 6.31. The molecule has 17 heavy (non-hydrogen) atoms. The highest BCUT2D eigenvalue weighted by atomic mass is 15.1. The molecule has 0 unspecified atom stereocenters. The van der Waals surface area contributed by atoms with Crippen LogP contribution in [0.2, 0.25) is 0 Å². The van der Waals surface area contributed by atoms with Crippen molar-refractivity contribution in [2.75, 3.05) is 18.5 Å². The number of benzene rings is 1. The van der Waals surface area contributed by atoms with Gasteiger partial charge in [-0.25, -0.2) is 0 Å². The smallest absolute Gasteiger partial charge is 0.0440 e. The molecule has 0 spiro atoms. The number of anilines is 1. The molecule has 0 bridgehead atoms. The van der Waals surface area contributed by atoms with E-state index in [0.717, 1.165) is 0 Å². The van der Waals surface area contributed by atoms with Crippen molar-refractivity contribution < 1.29 is 0 Å². The molecule has 1 aliphatic carbocycles. The molecule has 1 aromatic rings. The molecule has 0 N–H and O–H groups in total. The number of hydrogen-bond acceptors (Lipinski definition) is 1. The SMILES string of the molecule is CCc1cc2c(c3c1CCN3C)C(C)(C)CC2. The predicted octanol–water partition coefficient (Wildman–Crippen LogP) is 3.47. The Morgan fingerprint density at radius 1 is 1.29 bits per heavy atom. The quantitative estimate of drug-likeness (QED) is 0.713. The van der Waals surface area contributed by atoms with Gasteiger partial charge in [-0.05, 0) is 53.4 Å². The minimum absolute atomic E-state index is 0.379. The van der Waals surface area contributed by atoms with E-state index in [2.05, 4.69) is 38.8 Å². The van der Waals surface area contributed by atoms with Gasteiger partial charge in [0, 0.05) is 19.3 Å². The summed E-state index contributed by atoms with van der Waals surface area (Å²) in [4.78, 5) is 2.49. The first kappa shape index (κ1) is 11.1. The summed E-state index contributed by atoms with van der Waals surface area (Å²) in [7, 11) is 2.26. The summed E-state index contributed by atoms with van der Waals surface area (Å²) in [5.41, 5.74) is 8.49.